The molecule has 0 saturated heterocycles. The molecule has 5 nitrogen and oxygen atoms in total. The van der Waals surface area contributed by atoms with E-state index in [1.165, 1.54) is 0 Å². The van der Waals surface area contributed by atoms with E-state index in [1.807, 2.05) is 11.6 Å². The SMILES string of the molecule is CCCNCc1cc(S(=O)(=O)NC2CCCC2C)cn1C. The van der Waals surface area contributed by atoms with Crippen molar-refractivity contribution in [2.24, 2.45) is 13.0 Å². The molecule has 6 heteroatoms. The van der Waals surface area contributed by atoms with Crippen molar-refractivity contribution in [1.29, 1.82) is 0 Å². The average molecular weight is 313 g/mol. The van der Waals surface area contributed by atoms with Gasteiger partial charge in [0.25, 0.3) is 0 Å². The van der Waals surface area contributed by atoms with Crippen molar-refractivity contribution >= 4 is 10.0 Å². The molecule has 0 amide bonds. The largest absolute Gasteiger partial charge is 0.352 e. The second-order valence-electron chi connectivity index (χ2n) is 6.09. The van der Waals surface area contributed by atoms with Crippen molar-refractivity contribution in [2.75, 3.05) is 6.54 Å². The van der Waals surface area contributed by atoms with Crippen molar-refractivity contribution < 1.29 is 8.42 Å². The Morgan fingerprint density at radius 1 is 1.38 bits per heavy atom. The average Bonchev–Trinajstić information content (AvgIpc) is 2.98. The van der Waals surface area contributed by atoms with Gasteiger partial charge < -0.3 is 9.88 Å². The van der Waals surface area contributed by atoms with E-state index in [-0.39, 0.29) is 6.04 Å². The van der Waals surface area contributed by atoms with E-state index < -0.39 is 10.0 Å². The Hall–Kier alpha value is -0.850. The normalized spacial score (nSPS) is 22.8. The maximum atomic E-state index is 12.5. The summed E-state index contributed by atoms with van der Waals surface area (Å²) in [4.78, 5) is 0.373. The van der Waals surface area contributed by atoms with Crippen LogP contribution >= 0.6 is 0 Å². The molecular formula is C15H27N3O2S. The molecule has 0 spiro atoms. The predicted octanol–water partition coefficient (Wildman–Crippen LogP) is 1.99. The van der Waals surface area contributed by atoms with Crippen LogP contribution in [0.1, 0.15) is 45.2 Å². The first-order valence-electron chi connectivity index (χ1n) is 7.82. The second-order valence-corrected chi connectivity index (χ2v) is 7.80. The Kier molecular flexibility index (Phi) is 5.46. The molecule has 1 fully saturated rings. The Bertz CT molecular complexity index is 565. The number of hydrogen-bond acceptors (Lipinski definition) is 3. The summed E-state index contributed by atoms with van der Waals surface area (Å²) in [7, 11) is -1.52. The number of hydrogen-bond donors (Lipinski definition) is 2. The molecule has 0 aromatic carbocycles. The lowest BCUT2D eigenvalue weighted by Gasteiger charge is -2.16. The molecule has 2 unspecified atom stereocenters. The number of nitrogens with zero attached hydrogens (tertiary/aromatic N) is 1. The fraction of sp³-hybridized carbons (Fsp3) is 0.733. The predicted molar refractivity (Wildman–Crippen MR) is 84.5 cm³/mol. The molecule has 0 aliphatic heterocycles. The number of aryl methyl sites for hydroxylation is 1. The molecule has 120 valence electrons. The number of aromatic nitrogens is 1. The monoisotopic (exact) mass is 313 g/mol. The minimum atomic E-state index is -3.41. The van der Waals surface area contributed by atoms with Crippen LogP contribution in [-0.2, 0) is 23.6 Å². The van der Waals surface area contributed by atoms with Crippen LogP contribution in [0.15, 0.2) is 17.2 Å². The summed E-state index contributed by atoms with van der Waals surface area (Å²) < 4.78 is 29.7. The maximum absolute atomic E-state index is 12.5. The van der Waals surface area contributed by atoms with Gasteiger partial charge in [-0.05, 0) is 37.8 Å². The molecule has 2 atom stereocenters. The van der Waals surface area contributed by atoms with Crippen molar-refractivity contribution in [3.05, 3.63) is 18.0 Å². The summed E-state index contributed by atoms with van der Waals surface area (Å²) in [6.07, 6.45) is 5.92. The van der Waals surface area contributed by atoms with Gasteiger partial charge in [0.2, 0.25) is 10.0 Å². The van der Waals surface area contributed by atoms with Crippen molar-refractivity contribution in [2.45, 2.75) is 57.0 Å². The van der Waals surface area contributed by atoms with Gasteiger partial charge in [-0.2, -0.15) is 0 Å². The van der Waals surface area contributed by atoms with Crippen LogP contribution in [0.4, 0.5) is 0 Å². The standard InChI is InChI=1S/C15H27N3O2S/c1-4-8-16-10-13-9-14(11-18(13)3)21(19,20)17-15-7-5-6-12(15)2/h9,11-12,15-17H,4-8,10H2,1-3H3. The van der Waals surface area contributed by atoms with Gasteiger partial charge in [0, 0.05) is 31.5 Å². The second kappa shape index (κ2) is 6.94. The van der Waals surface area contributed by atoms with Crippen LogP contribution in [0.5, 0.6) is 0 Å². The first kappa shape index (κ1) is 16.5. The van der Waals surface area contributed by atoms with Gasteiger partial charge in [-0.25, -0.2) is 13.1 Å². The summed E-state index contributed by atoms with van der Waals surface area (Å²) in [5.74, 6) is 0.425. The zero-order valence-corrected chi connectivity index (χ0v) is 14.0. The molecule has 0 bridgehead atoms. The van der Waals surface area contributed by atoms with E-state index in [0.29, 0.717) is 17.4 Å². The topological polar surface area (TPSA) is 63.1 Å². The van der Waals surface area contributed by atoms with Crippen molar-refractivity contribution in [1.82, 2.24) is 14.6 Å². The molecule has 1 aliphatic carbocycles. The Morgan fingerprint density at radius 3 is 2.76 bits per heavy atom. The Labute approximate surface area is 128 Å². The minimum Gasteiger partial charge on any atom is -0.352 e. The van der Waals surface area contributed by atoms with E-state index in [4.69, 9.17) is 0 Å². The summed E-state index contributed by atoms with van der Waals surface area (Å²) in [6.45, 7) is 5.86. The summed E-state index contributed by atoms with van der Waals surface area (Å²) in [5, 5.41) is 3.30. The minimum absolute atomic E-state index is 0.0804. The fourth-order valence-corrected chi connectivity index (χ4v) is 4.35. The lowest BCUT2D eigenvalue weighted by Crippen LogP contribution is -2.36. The highest BCUT2D eigenvalue weighted by Crippen LogP contribution is 2.26. The lowest BCUT2D eigenvalue weighted by atomic mass is 10.1. The van der Waals surface area contributed by atoms with E-state index in [9.17, 15) is 8.42 Å². The molecule has 2 rings (SSSR count). The van der Waals surface area contributed by atoms with Gasteiger partial charge >= 0.3 is 0 Å². The highest BCUT2D eigenvalue weighted by Gasteiger charge is 2.29. The van der Waals surface area contributed by atoms with E-state index >= 15 is 0 Å². The van der Waals surface area contributed by atoms with Gasteiger partial charge in [-0.15, -0.1) is 0 Å². The lowest BCUT2D eigenvalue weighted by molar-refractivity contribution is 0.476. The quantitative estimate of drug-likeness (QED) is 0.757. The summed E-state index contributed by atoms with van der Waals surface area (Å²) >= 11 is 0. The van der Waals surface area contributed by atoms with E-state index in [2.05, 4.69) is 23.9 Å². The molecular weight excluding hydrogens is 286 g/mol. The van der Waals surface area contributed by atoms with E-state index in [1.54, 1.807) is 12.3 Å². The molecule has 0 radical (unpaired) electrons. The summed E-state index contributed by atoms with van der Waals surface area (Å²) in [6, 6.07) is 1.85. The molecule has 1 saturated carbocycles. The van der Waals surface area contributed by atoms with Crippen LogP contribution in [0.2, 0.25) is 0 Å². The van der Waals surface area contributed by atoms with Crippen LogP contribution in [0.3, 0.4) is 0 Å². The third-order valence-corrected chi connectivity index (χ3v) is 5.75. The maximum Gasteiger partial charge on any atom is 0.242 e. The molecule has 2 N–H and O–H groups in total. The number of rotatable bonds is 7. The first-order chi connectivity index (χ1) is 9.94. The number of nitrogens with one attached hydrogen (secondary N) is 2. The van der Waals surface area contributed by atoms with Crippen LogP contribution < -0.4 is 10.0 Å². The molecule has 1 aromatic rings. The van der Waals surface area contributed by atoms with Crippen molar-refractivity contribution in [3.63, 3.8) is 0 Å². The fourth-order valence-electron chi connectivity index (χ4n) is 2.88. The smallest absolute Gasteiger partial charge is 0.242 e. The van der Waals surface area contributed by atoms with Crippen molar-refractivity contribution in [3.8, 4) is 0 Å². The molecule has 1 aromatic heterocycles. The van der Waals surface area contributed by atoms with Crippen LogP contribution in [-0.4, -0.2) is 25.6 Å². The van der Waals surface area contributed by atoms with Gasteiger partial charge in [0.1, 0.15) is 0 Å². The highest BCUT2D eigenvalue weighted by atomic mass is 32.2. The Balaban J connectivity index is 2.07. The van der Waals surface area contributed by atoms with E-state index in [0.717, 1.165) is 37.9 Å². The van der Waals surface area contributed by atoms with Gasteiger partial charge in [0.15, 0.2) is 0 Å². The zero-order valence-electron chi connectivity index (χ0n) is 13.2. The van der Waals surface area contributed by atoms with Gasteiger partial charge in [0.05, 0.1) is 4.90 Å². The third kappa shape index (κ3) is 4.08. The Morgan fingerprint density at radius 2 is 2.14 bits per heavy atom. The first-order valence-corrected chi connectivity index (χ1v) is 9.30. The molecule has 21 heavy (non-hydrogen) atoms. The zero-order chi connectivity index (χ0) is 15.5. The van der Waals surface area contributed by atoms with Gasteiger partial charge in [-0.3, -0.25) is 0 Å². The third-order valence-electron chi connectivity index (χ3n) is 4.29. The number of sulfonamides is 1. The summed E-state index contributed by atoms with van der Waals surface area (Å²) in [5.41, 5.74) is 0.989. The van der Waals surface area contributed by atoms with Crippen LogP contribution in [0, 0.1) is 5.92 Å². The highest BCUT2D eigenvalue weighted by molar-refractivity contribution is 7.89. The molecule has 1 aliphatic rings. The molecule has 1 heterocycles. The van der Waals surface area contributed by atoms with Crippen LogP contribution in [0.25, 0.3) is 0 Å². The van der Waals surface area contributed by atoms with Gasteiger partial charge in [-0.1, -0.05) is 20.3 Å².